The minimum absolute atomic E-state index is 0.0724. The van der Waals surface area contributed by atoms with Crippen molar-refractivity contribution in [1.29, 1.82) is 0 Å². The summed E-state index contributed by atoms with van der Waals surface area (Å²) >= 11 is 0. The molecule has 90 valence electrons. The van der Waals surface area contributed by atoms with E-state index in [0.717, 1.165) is 0 Å². The average Bonchev–Trinajstić information content (AvgIpc) is 2.16. The Balaban J connectivity index is 2.76. The van der Waals surface area contributed by atoms with Gasteiger partial charge in [0.25, 0.3) is 0 Å². The van der Waals surface area contributed by atoms with Crippen molar-refractivity contribution in [2.24, 2.45) is 0 Å². The first-order valence-corrected chi connectivity index (χ1v) is 5.13. The lowest BCUT2D eigenvalue weighted by molar-refractivity contribution is 0.179. The van der Waals surface area contributed by atoms with Gasteiger partial charge in [-0.1, -0.05) is 0 Å². The van der Waals surface area contributed by atoms with E-state index in [1.807, 2.05) is 6.92 Å². The van der Waals surface area contributed by atoms with Crippen LogP contribution in [-0.4, -0.2) is 34.3 Å². The molecule has 6 nitrogen and oxygen atoms in total. The fraction of sp³-hybridized carbons (Fsp3) is 0.600. The van der Waals surface area contributed by atoms with Crippen LogP contribution in [0, 0.1) is 0 Å². The van der Waals surface area contributed by atoms with E-state index in [4.69, 9.17) is 10.5 Å². The molecule has 0 aliphatic rings. The van der Waals surface area contributed by atoms with Crippen molar-refractivity contribution in [3.05, 3.63) is 6.33 Å². The zero-order chi connectivity index (χ0) is 12.1. The summed E-state index contributed by atoms with van der Waals surface area (Å²) in [4.78, 5) is 7.88. The first-order chi connectivity index (χ1) is 7.54. The second-order valence-electron chi connectivity index (χ2n) is 3.77. The number of rotatable bonds is 5. The molecule has 1 rings (SSSR count). The van der Waals surface area contributed by atoms with E-state index in [-0.39, 0.29) is 12.1 Å². The highest BCUT2D eigenvalue weighted by atomic mass is 16.5. The molecule has 4 N–H and O–H groups in total. The van der Waals surface area contributed by atoms with Crippen LogP contribution in [0.15, 0.2) is 6.33 Å². The normalized spacial score (nSPS) is 14.2. The molecule has 2 unspecified atom stereocenters. The molecule has 0 amide bonds. The molecule has 0 aromatic carbocycles. The second-order valence-corrected chi connectivity index (χ2v) is 3.77. The number of anilines is 2. The van der Waals surface area contributed by atoms with E-state index in [1.54, 1.807) is 6.92 Å². The van der Waals surface area contributed by atoms with Crippen LogP contribution in [0.3, 0.4) is 0 Å². The van der Waals surface area contributed by atoms with Gasteiger partial charge in [0, 0.05) is 6.04 Å². The van der Waals surface area contributed by atoms with Crippen molar-refractivity contribution >= 4 is 11.6 Å². The second kappa shape index (κ2) is 5.50. The van der Waals surface area contributed by atoms with Crippen molar-refractivity contribution in [2.75, 3.05) is 18.2 Å². The van der Waals surface area contributed by atoms with Gasteiger partial charge in [-0.3, -0.25) is 0 Å². The minimum atomic E-state index is -0.368. The lowest BCUT2D eigenvalue weighted by Gasteiger charge is -2.17. The SMILES string of the molecule is COc1c(N)ncnc1NC(C)CC(C)O. The summed E-state index contributed by atoms with van der Waals surface area (Å²) in [6.45, 7) is 3.69. The van der Waals surface area contributed by atoms with Gasteiger partial charge in [0.1, 0.15) is 6.33 Å². The zero-order valence-electron chi connectivity index (χ0n) is 9.77. The quantitative estimate of drug-likeness (QED) is 0.682. The number of nitrogens with two attached hydrogens (primary N) is 1. The Hall–Kier alpha value is -1.56. The predicted molar refractivity (Wildman–Crippen MR) is 62.4 cm³/mol. The number of nitrogens with zero attached hydrogens (tertiary/aromatic N) is 2. The highest BCUT2D eigenvalue weighted by molar-refractivity contribution is 5.61. The third-order valence-electron chi connectivity index (χ3n) is 2.11. The zero-order valence-corrected chi connectivity index (χ0v) is 9.77. The fourth-order valence-electron chi connectivity index (χ4n) is 1.50. The van der Waals surface area contributed by atoms with Gasteiger partial charge < -0.3 is 20.9 Å². The van der Waals surface area contributed by atoms with Crippen molar-refractivity contribution in [3.8, 4) is 5.75 Å². The van der Waals surface area contributed by atoms with Gasteiger partial charge in [0.05, 0.1) is 13.2 Å². The maximum absolute atomic E-state index is 9.25. The molecule has 0 saturated carbocycles. The van der Waals surface area contributed by atoms with Gasteiger partial charge in [-0.25, -0.2) is 9.97 Å². The summed E-state index contributed by atoms with van der Waals surface area (Å²) in [7, 11) is 1.51. The summed E-state index contributed by atoms with van der Waals surface area (Å²) in [6.07, 6.45) is 1.62. The summed E-state index contributed by atoms with van der Waals surface area (Å²) in [5.74, 6) is 1.27. The lowest BCUT2D eigenvalue weighted by Crippen LogP contribution is -2.21. The van der Waals surface area contributed by atoms with Gasteiger partial charge in [0.15, 0.2) is 11.6 Å². The summed E-state index contributed by atoms with van der Waals surface area (Å²) < 4.78 is 5.11. The Labute approximate surface area is 94.9 Å². The van der Waals surface area contributed by atoms with Crippen molar-refractivity contribution in [2.45, 2.75) is 32.4 Å². The highest BCUT2D eigenvalue weighted by Crippen LogP contribution is 2.27. The number of aliphatic hydroxyl groups excluding tert-OH is 1. The highest BCUT2D eigenvalue weighted by Gasteiger charge is 2.13. The van der Waals surface area contributed by atoms with Crippen LogP contribution in [0.5, 0.6) is 5.75 Å². The molecule has 6 heteroatoms. The monoisotopic (exact) mass is 226 g/mol. The van der Waals surface area contributed by atoms with Gasteiger partial charge in [0.2, 0.25) is 5.75 Å². The van der Waals surface area contributed by atoms with Crippen molar-refractivity contribution in [3.63, 3.8) is 0 Å². The number of nitrogens with one attached hydrogen (secondary N) is 1. The number of ether oxygens (including phenoxy) is 1. The number of methoxy groups -OCH3 is 1. The van der Waals surface area contributed by atoms with Gasteiger partial charge >= 0.3 is 0 Å². The number of hydrogen-bond acceptors (Lipinski definition) is 6. The summed E-state index contributed by atoms with van der Waals surface area (Å²) in [5, 5.41) is 12.4. The molecule has 0 fully saturated rings. The first-order valence-electron chi connectivity index (χ1n) is 5.13. The summed E-state index contributed by atoms with van der Waals surface area (Å²) in [5.41, 5.74) is 5.64. The molecule has 1 aromatic heterocycles. The molecule has 2 atom stereocenters. The molecule has 0 spiro atoms. The van der Waals surface area contributed by atoms with E-state index in [1.165, 1.54) is 13.4 Å². The maximum Gasteiger partial charge on any atom is 0.203 e. The van der Waals surface area contributed by atoms with E-state index in [9.17, 15) is 5.11 Å². The minimum Gasteiger partial charge on any atom is -0.490 e. The van der Waals surface area contributed by atoms with Crippen molar-refractivity contribution < 1.29 is 9.84 Å². The number of nitrogen functional groups attached to an aromatic ring is 1. The topological polar surface area (TPSA) is 93.3 Å². The molecule has 16 heavy (non-hydrogen) atoms. The number of aliphatic hydroxyl groups is 1. The van der Waals surface area contributed by atoms with Crippen LogP contribution in [0.2, 0.25) is 0 Å². The molecule has 0 saturated heterocycles. The van der Waals surface area contributed by atoms with E-state index in [0.29, 0.717) is 23.8 Å². The van der Waals surface area contributed by atoms with Crippen LogP contribution in [0.1, 0.15) is 20.3 Å². The molecule has 1 heterocycles. The molecule has 1 aromatic rings. The largest absolute Gasteiger partial charge is 0.490 e. The van der Waals surface area contributed by atoms with Crippen LogP contribution in [-0.2, 0) is 0 Å². The molecule has 0 radical (unpaired) electrons. The molecule has 0 aliphatic carbocycles. The Bertz CT molecular complexity index is 344. The van der Waals surface area contributed by atoms with Gasteiger partial charge in [-0.05, 0) is 20.3 Å². The van der Waals surface area contributed by atoms with E-state index >= 15 is 0 Å². The van der Waals surface area contributed by atoms with Crippen LogP contribution >= 0.6 is 0 Å². The van der Waals surface area contributed by atoms with Crippen molar-refractivity contribution in [1.82, 2.24) is 9.97 Å². The van der Waals surface area contributed by atoms with Gasteiger partial charge in [-0.15, -0.1) is 0 Å². The number of hydrogen-bond donors (Lipinski definition) is 3. The van der Waals surface area contributed by atoms with Crippen LogP contribution in [0.4, 0.5) is 11.6 Å². The van der Waals surface area contributed by atoms with E-state index in [2.05, 4.69) is 15.3 Å². The Morgan fingerprint density at radius 3 is 2.75 bits per heavy atom. The smallest absolute Gasteiger partial charge is 0.203 e. The fourth-order valence-corrected chi connectivity index (χ4v) is 1.50. The Kier molecular flexibility index (Phi) is 4.30. The Morgan fingerprint density at radius 1 is 1.50 bits per heavy atom. The number of aromatic nitrogens is 2. The lowest BCUT2D eigenvalue weighted by atomic mass is 10.1. The molecular weight excluding hydrogens is 208 g/mol. The summed E-state index contributed by atoms with van der Waals surface area (Å²) in [6, 6.07) is 0.0724. The van der Waals surface area contributed by atoms with E-state index < -0.39 is 0 Å². The van der Waals surface area contributed by atoms with Crippen LogP contribution in [0.25, 0.3) is 0 Å². The third-order valence-corrected chi connectivity index (χ3v) is 2.11. The first kappa shape index (κ1) is 12.5. The third kappa shape index (κ3) is 3.23. The molecule has 0 aliphatic heterocycles. The van der Waals surface area contributed by atoms with Gasteiger partial charge in [-0.2, -0.15) is 0 Å². The maximum atomic E-state index is 9.25. The van der Waals surface area contributed by atoms with Crippen LogP contribution < -0.4 is 15.8 Å². The molecule has 0 bridgehead atoms. The average molecular weight is 226 g/mol. The predicted octanol–water partition coefficient (Wildman–Crippen LogP) is 0.639. The standard InChI is InChI=1S/C10H18N4O2/c1-6(4-7(2)15)14-10-8(16-3)9(11)12-5-13-10/h5-7,15H,4H2,1-3H3,(H3,11,12,13,14). The Morgan fingerprint density at radius 2 is 2.19 bits per heavy atom. The molecular formula is C10H18N4O2.